The Morgan fingerprint density at radius 2 is 1.30 bits per heavy atom. The molecule has 0 spiro atoms. The number of nitrogens with zero attached hydrogens (tertiary/aromatic N) is 1. The molecule has 0 fully saturated rings. The summed E-state index contributed by atoms with van der Waals surface area (Å²) in [5.41, 5.74) is 5.42. The minimum absolute atomic E-state index is 0.312. The van der Waals surface area contributed by atoms with Crippen LogP contribution >= 0.6 is 0 Å². The predicted octanol–water partition coefficient (Wildman–Crippen LogP) is 4.41. The van der Waals surface area contributed by atoms with E-state index in [4.69, 9.17) is 5.21 Å². The fourth-order valence-electron chi connectivity index (χ4n) is 3.29. The van der Waals surface area contributed by atoms with E-state index in [1.807, 2.05) is 42.5 Å². The standard InChI is InChI=1S/C10H11NO.C10H10O/c12-11-10-7-3-5-8-4-1-2-6-9(8)10;11-10-7-3-5-8-4-1-2-6-9(8)10/h1-2,4,6,12H,3,5,7H2;1-2,4,6H,3,5,7H2/b11-10+;. The average Bonchev–Trinajstić information content (AvgIpc) is 2.62. The topological polar surface area (TPSA) is 49.7 Å². The molecule has 2 aliphatic carbocycles. The van der Waals surface area contributed by atoms with Crippen molar-refractivity contribution in [2.45, 2.75) is 38.5 Å². The molecule has 0 aromatic heterocycles. The second kappa shape index (κ2) is 7.23. The van der Waals surface area contributed by atoms with E-state index in [1.54, 1.807) is 0 Å². The van der Waals surface area contributed by atoms with Crippen molar-refractivity contribution < 1.29 is 10.0 Å². The Labute approximate surface area is 136 Å². The maximum atomic E-state index is 11.3. The monoisotopic (exact) mass is 307 g/mol. The van der Waals surface area contributed by atoms with Crippen molar-refractivity contribution in [3.8, 4) is 0 Å². The Morgan fingerprint density at radius 1 is 0.739 bits per heavy atom. The van der Waals surface area contributed by atoms with Crippen molar-refractivity contribution in [1.82, 2.24) is 0 Å². The minimum Gasteiger partial charge on any atom is -0.411 e. The number of carbonyl (C=O) groups is 1. The van der Waals surface area contributed by atoms with Gasteiger partial charge in [-0.15, -0.1) is 0 Å². The number of carbonyl (C=O) groups excluding carboxylic acids is 1. The molecular formula is C20H21NO2. The van der Waals surface area contributed by atoms with Crippen LogP contribution in [0.5, 0.6) is 0 Å². The van der Waals surface area contributed by atoms with Gasteiger partial charge in [-0.25, -0.2) is 0 Å². The molecule has 0 atom stereocenters. The van der Waals surface area contributed by atoms with E-state index in [0.29, 0.717) is 5.78 Å². The summed E-state index contributed by atoms with van der Waals surface area (Å²) in [4.78, 5) is 11.3. The van der Waals surface area contributed by atoms with Gasteiger partial charge < -0.3 is 5.21 Å². The third kappa shape index (κ3) is 3.50. The molecule has 118 valence electrons. The molecule has 0 unspecified atom stereocenters. The zero-order valence-electron chi connectivity index (χ0n) is 13.2. The summed E-state index contributed by atoms with van der Waals surface area (Å²) in [6, 6.07) is 16.0. The summed E-state index contributed by atoms with van der Waals surface area (Å²) in [6.07, 6.45) is 5.92. The van der Waals surface area contributed by atoms with E-state index in [1.165, 1.54) is 11.1 Å². The van der Waals surface area contributed by atoms with Crippen molar-refractivity contribution in [2.75, 3.05) is 0 Å². The second-order valence-electron chi connectivity index (χ2n) is 5.99. The van der Waals surface area contributed by atoms with E-state index in [2.05, 4.69) is 11.2 Å². The van der Waals surface area contributed by atoms with Crippen LogP contribution in [0.1, 0.15) is 52.7 Å². The molecular weight excluding hydrogens is 286 g/mol. The lowest BCUT2D eigenvalue weighted by Crippen LogP contribution is -2.11. The van der Waals surface area contributed by atoms with Crippen molar-refractivity contribution in [1.29, 1.82) is 0 Å². The first-order valence-electron chi connectivity index (χ1n) is 8.20. The number of benzene rings is 2. The molecule has 0 bridgehead atoms. The van der Waals surface area contributed by atoms with Crippen molar-refractivity contribution >= 4 is 11.5 Å². The highest BCUT2D eigenvalue weighted by Gasteiger charge is 2.15. The van der Waals surface area contributed by atoms with Crippen LogP contribution in [0.3, 0.4) is 0 Å². The molecule has 0 radical (unpaired) electrons. The highest BCUT2D eigenvalue weighted by molar-refractivity contribution is 6.02. The number of Topliss-reactive ketones (excluding diaryl/α,β-unsaturated/α-hetero) is 1. The Kier molecular flexibility index (Phi) is 4.86. The Hall–Kier alpha value is -2.42. The molecule has 23 heavy (non-hydrogen) atoms. The van der Waals surface area contributed by atoms with Crippen molar-refractivity contribution in [3.63, 3.8) is 0 Å². The first-order chi connectivity index (χ1) is 11.3. The smallest absolute Gasteiger partial charge is 0.163 e. The van der Waals surface area contributed by atoms with E-state index in [9.17, 15) is 4.79 Å². The van der Waals surface area contributed by atoms with Crippen LogP contribution < -0.4 is 0 Å². The minimum atomic E-state index is 0.312. The summed E-state index contributed by atoms with van der Waals surface area (Å²) in [7, 11) is 0. The molecule has 0 aliphatic heterocycles. The Morgan fingerprint density at radius 3 is 1.96 bits per heavy atom. The molecule has 2 aromatic rings. The quantitative estimate of drug-likeness (QED) is 0.579. The summed E-state index contributed by atoms with van der Waals surface area (Å²) in [6.45, 7) is 0. The van der Waals surface area contributed by atoms with Crippen LogP contribution in [0.25, 0.3) is 0 Å². The summed E-state index contributed by atoms with van der Waals surface area (Å²) >= 11 is 0. The Bertz CT molecular complexity index is 734. The normalized spacial score (nSPS) is 17.7. The second-order valence-corrected chi connectivity index (χ2v) is 5.99. The number of aryl methyl sites for hydroxylation is 2. The molecule has 3 heteroatoms. The summed E-state index contributed by atoms with van der Waals surface area (Å²) in [5.74, 6) is 0.312. The van der Waals surface area contributed by atoms with Gasteiger partial charge in [-0.1, -0.05) is 53.7 Å². The number of ketones is 1. The molecule has 1 N–H and O–H groups in total. The van der Waals surface area contributed by atoms with E-state index in [0.717, 1.165) is 55.4 Å². The molecule has 2 aliphatic rings. The van der Waals surface area contributed by atoms with Gasteiger partial charge in [-0.05, 0) is 43.2 Å². The molecule has 0 heterocycles. The highest BCUT2D eigenvalue weighted by Crippen LogP contribution is 2.21. The van der Waals surface area contributed by atoms with Crippen LogP contribution in [-0.4, -0.2) is 16.7 Å². The fourth-order valence-corrected chi connectivity index (χ4v) is 3.29. The van der Waals surface area contributed by atoms with E-state index >= 15 is 0 Å². The van der Waals surface area contributed by atoms with Gasteiger partial charge in [0.25, 0.3) is 0 Å². The lowest BCUT2D eigenvalue weighted by atomic mass is 9.90. The number of fused-ring (bicyclic) bond motifs is 2. The molecule has 3 nitrogen and oxygen atoms in total. The van der Waals surface area contributed by atoms with Crippen LogP contribution in [0.15, 0.2) is 53.7 Å². The van der Waals surface area contributed by atoms with Crippen LogP contribution in [0, 0.1) is 0 Å². The molecule has 0 saturated carbocycles. The van der Waals surface area contributed by atoms with Gasteiger partial charge in [0.2, 0.25) is 0 Å². The fraction of sp³-hybridized carbons (Fsp3) is 0.300. The van der Waals surface area contributed by atoms with E-state index < -0.39 is 0 Å². The highest BCUT2D eigenvalue weighted by atomic mass is 16.4. The number of hydrogen-bond donors (Lipinski definition) is 1. The number of hydrogen-bond acceptors (Lipinski definition) is 3. The van der Waals surface area contributed by atoms with E-state index in [-0.39, 0.29) is 0 Å². The number of oxime groups is 1. The number of rotatable bonds is 0. The van der Waals surface area contributed by atoms with Gasteiger partial charge in [-0.2, -0.15) is 0 Å². The van der Waals surface area contributed by atoms with Gasteiger partial charge in [0.05, 0.1) is 5.71 Å². The maximum absolute atomic E-state index is 11.3. The van der Waals surface area contributed by atoms with Gasteiger partial charge in [-0.3, -0.25) is 4.79 Å². The van der Waals surface area contributed by atoms with Crippen LogP contribution in [0.2, 0.25) is 0 Å². The first kappa shape index (κ1) is 15.5. The predicted molar refractivity (Wildman–Crippen MR) is 91.4 cm³/mol. The van der Waals surface area contributed by atoms with Crippen LogP contribution in [-0.2, 0) is 12.8 Å². The molecule has 4 rings (SSSR count). The Balaban J connectivity index is 0.000000136. The van der Waals surface area contributed by atoms with Gasteiger partial charge in [0.1, 0.15) is 0 Å². The molecule has 2 aromatic carbocycles. The van der Waals surface area contributed by atoms with Gasteiger partial charge in [0.15, 0.2) is 5.78 Å². The maximum Gasteiger partial charge on any atom is 0.163 e. The van der Waals surface area contributed by atoms with Crippen molar-refractivity contribution in [3.05, 3.63) is 70.8 Å². The first-order valence-corrected chi connectivity index (χ1v) is 8.20. The lowest BCUT2D eigenvalue weighted by Gasteiger charge is -2.15. The SMILES string of the molecule is O/N=C1\CCCc2ccccc21.O=C1CCCc2ccccc21. The molecule has 0 amide bonds. The van der Waals surface area contributed by atoms with Gasteiger partial charge >= 0.3 is 0 Å². The summed E-state index contributed by atoms with van der Waals surface area (Å²) in [5, 5.41) is 12.0. The largest absolute Gasteiger partial charge is 0.411 e. The summed E-state index contributed by atoms with van der Waals surface area (Å²) < 4.78 is 0. The molecule has 0 saturated heterocycles. The van der Waals surface area contributed by atoms with Crippen molar-refractivity contribution in [2.24, 2.45) is 5.16 Å². The third-order valence-electron chi connectivity index (χ3n) is 4.48. The zero-order valence-corrected chi connectivity index (χ0v) is 13.2. The lowest BCUT2D eigenvalue weighted by molar-refractivity contribution is 0.0972. The zero-order chi connectivity index (χ0) is 16.1. The van der Waals surface area contributed by atoms with Crippen LogP contribution in [0.4, 0.5) is 0 Å². The third-order valence-corrected chi connectivity index (χ3v) is 4.48. The van der Waals surface area contributed by atoms with Gasteiger partial charge in [0, 0.05) is 17.5 Å². The average molecular weight is 307 g/mol.